The summed E-state index contributed by atoms with van der Waals surface area (Å²) >= 11 is 0. The molecule has 3 heterocycles. The normalized spacial score (nSPS) is 21.3. The van der Waals surface area contributed by atoms with Crippen LogP contribution in [0.2, 0.25) is 0 Å². The molecule has 0 unspecified atom stereocenters. The number of rotatable bonds is 4. The highest BCUT2D eigenvalue weighted by Crippen LogP contribution is 2.44. The number of nitrogens with two attached hydrogens (primary N) is 1. The number of nitrogens with zero attached hydrogens (tertiary/aromatic N) is 5. The smallest absolute Gasteiger partial charge is 0.270 e. The van der Waals surface area contributed by atoms with Crippen LogP contribution >= 0.6 is 0 Å². The van der Waals surface area contributed by atoms with Crippen molar-refractivity contribution in [3.8, 4) is 0 Å². The van der Waals surface area contributed by atoms with Crippen LogP contribution in [0.5, 0.6) is 0 Å². The molecule has 10 heteroatoms. The van der Waals surface area contributed by atoms with Crippen molar-refractivity contribution < 1.29 is 9.66 Å². The summed E-state index contributed by atoms with van der Waals surface area (Å²) in [4.78, 5) is 22.8. The highest BCUT2D eigenvalue weighted by Gasteiger charge is 2.34. The van der Waals surface area contributed by atoms with E-state index in [0.717, 1.165) is 59.4 Å². The summed E-state index contributed by atoms with van der Waals surface area (Å²) in [6, 6.07) is 14.7. The van der Waals surface area contributed by atoms with Gasteiger partial charge < -0.3 is 15.4 Å². The fourth-order valence-corrected chi connectivity index (χ4v) is 5.18. The molecule has 0 amide bonds. The standard InChI is InChI=1S/C25H25N7O3/c26-24-28-23(31-21-7-2-1-6-20(21)27-25(31)29-24)19-9-8-17(22(19)30-10-12-35-13-11-30)14-16-4-3-5-18(15-16)32(33)34/h1-7,14-15,23H,8-13H2,(H3,26,27,28,29)/b17-14+/t23-/m1/s1. The van der Waals surface area contributed by atoms with Gasteiger partial charge in [-0.15, -0.1) is 0 Å². The molecule has 0 radical (unpaired) electrons. The zero-order valence-corrected chi connectivity index (χ0v) is 19.1. The van der Waals surface area contributed by atoms with Gasteiger partial charge in [0.1, 0.15) is 0 Å². The number of aromatic nitrogens is 2. The molecule has 2 aliphatic heterocycles. The van der Waals surface area contributed by atoms with Crippen molar-refractivity contribution in [2.45, 2.75) is 19.0 Å². The van der Waals surface area contributed by atoms with E-state index in [1.54, 1.807) is 12.1 Å². The van der Waals surface area contributed by atoms with E-state index in [1.165, 1.54) is 6.07 Å². The number of aliphatic imine (C=N–C) groups is 1. The van der Waals surface area contributed by atoms with Gasteiger partial charge in [-0.1, -0.05) is 24.3 Å². The quantitative estimate of drug-likeness (QED) is 0.440. The van der Waals surface area contributed by atoms with Crippen LogP contribution in [0, 0.1) is 10.1 Å². The van der Waals surface area contributed by atoms with Gasteiger partial charge in [-0.2, -0.15) is 0 Å². The van der Waals surface area contributed by atoms with Gasteiger partial charge in [0.15, 0.2) is 12.1 Å². The molecule has 178 valence electrons. The summed E-state index contributed by atoms with van der Waals surface area (Å²) in [5.74, 6) is 1.01. The second kappa shape index (κ2) is 8.55. The predicted octanol–water partition coefficient (Wildman–Crippen LogP) is 3.65. The number of ether oxygens (including phenoxy) is 1. The minimum absolute atomic E-state index is 0.0831. The third kappa shape index (κ3) is 3.81. The zero-order chi connectivity index (χ0) is 23.9. The molecule has 1 aliphatic carbocycles. The van der Waals surface area contributed by atoms with E-state index in [4.69, 9.17) is 20.4 Å². The molecule has 2 aromatic carbocycles. The average molecular weight is 472 g/mol. The third-order valence-corrected chi connectivity index (χ3v) is 6.67. The molecule has 1 fully saturated rings. The lowest BCUT2D eigenvalue weighted by atomic mass is 10.1. The number of nitro benzene ring substituents is 1. The number of anilines is 1. The molecular formula is C25H25N7O3. The second-order valence-corrected chi connectivity index (χ2v) is 8.80. The number of para-hydroxylation sites is 2. The Balaban J connectivity index is 1.50. The minimum atomic E-state index is -0.362. The predicted molar refractivity (Wildman–Crippen MR) is 134 cm³/mol. The van der Waals surface area contributed by atoms with Crippen molar-refractivity contribution >= 4 is 34.7 Å². The van der Waals surface area contributed by atoms with Gasteiger partial charge in [0, 0.05) is 30.9 Å². The van der Waals surface area contributed by atoms with Crippen LogP contribution in [0.1, 0.15) is 24.6 Å². The summed E-state index contributed by atoms with van der Waals surface area (Å²) < 4.78 is 7.73. The molecule has 6 rings (SSSR count). The molecule has 0 spiro atoms. The van der Waals surface area contributed by atoms with E-state index >= 15 is 0 Å². The summed E-state index contributed by atoms with van der Waals surface area (Å²) in [5.41, 5.74) is 12.4. The van der Waals surface area contributed by atoms with Crippen LogP contribution in [0.3, 0.4) is 0 Å². The van der Waals surface area contributed by atoms with Crippen LogP contribution in [0.4, 0.5) is 11.6 Å². The number of hydrogen-bond donors (Lipinski definition) is 2. The monoisotopic (exact) mass is 471 g/mol. The van der Waals surface area contributed by atoms with Gasteiger partial charge in [0.05, 0.1) is 29.2 Å². The number of hydrogen-bond acceptors (Lipinski definition) is 8. The first-order chi connectivity index (χ1) is 17.1. The molecule has 1 saturated heterocycles. The van der Waals surface area contributed by atoms with Crippen molar-refractivity contribution in [2.24, 2.45) is 10.7 Å². The summed E-state index contributed by atoms with van der Waals surface area (Å²) in [6.45, 7) is 2.84. The Labute approximate surface area is 201 Å². The summed E-state index contributed by atoms with van der Waals surface area (Å²) in [5, 5.41) is 14.4. The topological polar surface area (TPSA) is 124 Å². The lowest BCUT2D eigenvalue weighted by Crippen LogP contribution is -2.37. The SMILES string of the molecule is NC1=N[C@@H](C2=C(N3CCOCC3)/C(=C/c3cccc([N+](=O)[O-])c3)CC2)n2c(nc3ccccc32)N1. The van der Waals surface area contributed by atoms with Crippen LogP contribution in [0.15, 0.2) is 70.4 Å². The summed E-state index contributed by atoms with van der Waals surface area (Å²) in [7, 11) is 0. The number of non-ortho nitro benzene ring substituents is 1. The Kier molecular flexibility index (Phi) is 5.22. The molecule has 1 atom stereocenters. The second-order valence-electron chi connectivity index (χ2n) is 8.80. The Bertz CT molecular complexity index is 1420. The number of allylic oxidation sites excluding steroid dienone is 1. The lowest BCUT2D eigenvalue weighted by Gasteiger charge is -2.33. The highest BCUT2D eigenvalue weighted by molar-refractivity contribution is 5.94. The van der Waals surface area contributed by atoms with Gasteiger partial charge in [-0.25, -0.2) is 9.98 Å². The molecule has 1 aromatic heterocycles. The Hall–Kier alpha value is -4.18. The van der Waals surface area contributed by atoms with E-state index in [-0.39, 0.29) is 16.8 Å². The first-order valence-electron chi connectivity index (χ1n) is 11.7. The Morgan fingerprint density at radius 1 is 1.14 bits per heavy atom. The van der Waals surface area contributed by atoms with Crippen molar-refractivity contribution in [3.05, 3.63) is 81.1 Å². The largest absolute Gasteiger partial charge is 0.378 e. The maximum absolute atomic E-state index is 11.3. The van der Waals surface area contributed by atoms with Gasteiger partial charge in [-0.05, 0) is 47.8 Å². The van der Waals surface area contributed by atoms with Gasteiger partial charge in [0.2, 0.25) is 5.95 Å². The summed E-state index contributed by atoms with van der Waals surface area (Å²) in [6.07, 6.45) is 3.35. The van der Waals surface area contributed by atoms with Crippen molar-refractivity contribution in [2.75, 3.05) is 31.6 Å². The van der Waals surface area contributed by atoms with Crippen molar-refractivity contribution in [3.63, 3.8) is 0 Å². The molecule has 3 aliphatic rings. The first-order valence-corrected chi connectivity index (χ1v) is 11.7. The van der Waals surface area contributed by atoms with Gasteiger partial charge in [0.25, 0.3) is 5.69 Å². The fourth-order valence-electron chi connectivity index (χ4n) is 5.18. The molecule has 35 heavy (non-hydrogen) atoms. The number of fused-ring (bicyclic) bond motifs is 3. The van der Waals surface area contributed by atoms with Crippen LogP contribution in [0.25, 0.3) is 17.1 Å². The molecular weight excluding hydrogens is 446 g/mol. The molecule has 3 N–H and O–H groups in total. The minimum Gasteiger partial charge on any atom is -0.378 e. The zero-order valence-electron chi connectivity index (χ0n) is 19.1. The van der Waals surface area contributed by atoms with E-state index < -0.39 is 0 Å². The van der Waals surface area contributed by atoms with E-state index in [2.05, 4.69) is 20.9 Å². The fraction of sp³-hybridized carbons (Fsp3) is 0.280. The number of nitrogens with one attached hydrogen (secondary N) is 1. The molecule has 0 saturated carbocycles. The lowest BCUT2D eigenvalue weighted by molar-refractivity contribution is -0.384. The number of imidazole rings is 1. The number of guanidine groups is 1. The molecule has 0 bridgehead atoms. The maximum atomic E-state index is 11.3. The number of nitro groups is 1. The van der Waals surface area contributed by atoms with E-state index in [1.807, 2.05) is 30.3 Å². The third-order valence-electron chi connectivity index (χ3n) is 6.67. The maximum Gasteiger partial charge on any atom is 0.270 e. The van der Waals surface area contributed by atoms with E-state index in [9.17, 15) is 10.1 Å². The van der Waals surface area contributed by atoms with Crippen molar-refractivity contribution in [1.82, 2.24) is 14.5 Å². The van der Waals surface area contributed by atoms with Crippen LogP contribution < -0.4 is 11.1 Å². The van der Waals surface area contributed by atoms with Gasteiger partial charge in [-0.3, -0.25) is 20.0 Å². The number of benzene rings is 2. The van der Waals surface area contributed by atoms with Crippen molar-refractivity contribution in [1.29, 1.82) is 0 Å². The Morgan fingerprint density at radius 2 is 1.97 bits per heavy atom. The van der Waals surface area contributed by atoms with E-state index in [0.29, 0.717) is 25.1 Å². The van der Waals surface area contributed by atoms with Crippen LogP contribution in [-0.4, -0.2) is 51.6 Å². The molecule has 3 aromatic rings. The molecule has 10 nitrogen and oxygen atoms in total. The Morgan fingerprint density at radius 3 is 2.80 bits per heavy atom. The van der Waals surface area contributed by atoms with Gasteiger partial charge >= 0.3 is 0 Å². The average Bonchev–Trinajstić information content (AvgIpc) is 3.45. The first kappa shape index (κ1) is 21.4. The number of morpholine rings is 1. The van der Waals surface area contributed by atoms with Crippen LogP contribution in [-0.2, 0) is 4.74 Å². The highest BCUT2D eigenvalue weighted by atomic mass is 16.6.